The van der Waals surface area contributed by atoms with Gasteiger partial charge in [0.1, 0.15) is 0 Å². The van der Waals surface area contributed by atoms with Gasteiger partial charge < -0.3 is 39.8 Å². The first-order valence-electron chi connectivity index (χ1n) is 18.3. The largest absolute Gasteiger partial charge is 0.478 e. The number of carbonyl (C=O) groups excluding carboxylic acids is 2. The number of aliphatic carboxylic acids is 2. The maximum absolute atomic E-state index is 11.5. The van der Waals surface area contributed by atoms with E-state index in [1.54, 1.807) is 0 Å². The van der Waals surface area contributed by atoms with Crippen LogP contribution in [-0.4, -0.2) is 87.8 Å². The molecule has 2 aromatic rings. The monoisotopic (exact) mass is 722 g/mol. The molecule has 4 fully saturated rings. The molecule has 12 nitrogen and oxygen atoms in total. The van der Waals surface area contributed by atoms with Crippen LogP contribution < -0.4 is 10.6 Å². The zero-order chi connectivity index (χ0) is 37.3. The summed E-state index contributed by atoms with van der Waals surface area (Å²) in [6.07, 6.45) is 10.8. The van der Waals surface area contributed by atoms with E-state index in [2.05, 4.69) is 34.9 Å². The van der Waals surface area contributed by atoms with Crippen molar-refractivity contribution in [3.05, 3.63) is 82.9 Å². The van der Waals surface area contributed by atoms with Crippen LogP contribution in [0, 0.1) is 23.7 Å². The quantitative estimate of drug-likeness (QED) is 0.197. The summed E-state index contributed by atoms with van der Waals surface area (Å²) in [7, 11) is 2.83. The molecule has 0 saturated carbocycles. The molecule has 4 heterocycles. The van der Waals surface area contributed by atoms with Gasteiger partial charge in [0.05, 0.1) is 25.3 Å². The lowest BCUT2D eigenvalue weighted by atomic mass is 9.77. The predicted molar refractivity (Wildman–Crippen MR) is 194 cm³/mol. The van der Waals surface area contributed by atoms with Crippen molar-refractivity contribution in [3.8, 4) is 0 Å². The van der Waals surface area contributed by atoms with Crippen molar-refractivity contribution in [3.63, 3.8) is 0 Å². The number of rotatable bonds is 8. The molecule has 4 aliphatic heterocycles. The van der Waals surface area contributed by atoms with Gasteiger partial charge in [-0.25, -0.2) is 19.2 Å². The van der Waals surface area contributed by atoms with E-state index in [9.17, 15) is 19.2 Å². The number of hydrogen-bond donors (Lipinski definition) is 4. The topological polar surface area (TPSA) is 170 Å². The number of piperidine rings is 2. The summed E-state index contributed by atoms with van der Waals surface area (Å²) in [6.45, 7) is 5.84. The molecule has 0 aliphatic carbocycles. The van der Waals surface area contributed by atoms with Crippen LogP contribution in [-0.2, 0) is 28.5 Å². The van der Waals surface area contributed by atoms with Crippen molar-refractivity contribution in [2.24, 2.45) is 23.7 Å². The molecular formula is C40H54N2O10. The molecule has 0 amide bonds. The van der Waals surface area contributed by atoms with Gasteiger partial charge in [0.15, 0.2) is 0 Å². The molecule has 4 aliphatic rings. The minimum Gasteiger partial charge on any atom is -0.478 e. The number of carboxylic acids is 2. The van der Waals surface area contributed by atoms with Gasteiger partial charge in [-0.15, -0.1) is 0 Å². The number of esters is 2. The van der Waals surface area contributed by atoms with Crippen molar-refractivity contribution in [1.82, 2.24) is 10.6 Å². The van der Waals surface area contributed by atoms with E-state index < -0.39 is 11.9 Å². The fraction of sp³-hybridized carbons (Fsp3) is 0.550. The second-order valence-electron chi connectivity index (χ2n) is 13.7. The lowest BCUT2D eigenvalue weighted by molar-refractivity contribution is -0.134. The first kappa shape index (κ1) is 40.7. The van der Waals surface area contributed by atoms with Gasteiger partial charge in [0, 0.05) is 50.7 Å². The van der Waals surface area contributed by atoms with Gasteiger partial charge in [0.25, 0.3) is 0 Å². The average molecular weight is 723 g/mol. The van der Waals surface area contributed by atoms with E-state index >= 15 is 0 Å². The maximum Gasteiger partial charge on any atom is 0.337 e. The molecular weight excluding hydrogens is 668 g/mol. The fourth-order valence-electron chi connectivity index (χ4n) is 7.71. The number of carbonyl (C=O) groups is 4. The summed E-state index contributed by atoms with van der Waals surface area (Å²) in [5.74, 6) is 0.137. The highest BCUT2D eigenvalue weighted by Crippen LogP contribution is 2.37. The number of nitrogens with one attached hydrogen (secondary N) is 2. The summed E-state index contributed by atoms with van der Waals surface area (Å²) in [5, 5.41) is 22.9. The van der Waals surface area contributed by atoms with Crippen LogP contribution in [0.5, 0.6) is 0 Å². The molecule has 284 valence electrons. The highest BCUT2D eigenvalue weighted by atomic mass is 16.5. The average Bonchev–Trinajstić information content (AvgIpc) is 3.21. The molecule has 0 bridgehead atoms. The molecule has 2 aromatic carbocycles. The van der Waals surface area contributed by atoms with Gasteiger partial charge in [-0.2, -0.15) is 0 Å². The number of methoxy groups -OCH3 is 2. The first-order chi connectivity index (χ1) is 25.2. The summed E-state index contributed by atoms with van der Waals surface area (Å²) in [5.41, 5.74) is 3.76. The van der Waals surface area contributed by atoms with Gasteiger partial charge in [0.2, 0.25) is 0 Å². The van der Waals surface area contributed by atoms with Crippen LogP contribution in [0.2, 0.25) is 0 Å². The second-order valence-corrected chi connectivity index (χ2v) is 13.7. The number of hydrogen-bond acceptors (Lipinski definition) is 10. The Morgan fingerprint density at radius 2 is 0.923 bits per heavy atom. The van der Waals surface area contributed by atoms with Gasteiger partial charge in [-0.1, -0.05) is 24.3 Å². The minimum atomic E-state index is -1.26. The van der Waals surface area contributed by atoms with Gasteiger partial charge in [-0.3, -0.25) is 0 Å². The molecule has 6 rings (SSSR count). The Hall–Kier alpha value is -4.10. The lowest BCUT2D eigenvalue weighted by Crippen LogP contribution is -2.36. The third kappa shape index (κ3) is 12.8. The Labute approximate surface area is 306 Å². The second kappa shape index (κ2) is 21.4. The Bertz CT molecular complexity index is 1340. The molecule has 0 spiro atoms. The molecule has 0 radical (unpaired) electrons. The van der Waals surface area contributed by atoms with Gasteiger partial charge >= 0.3 is 23.9 Å². The Morgan fingerprint density at radius 1 is 0.577 bits per heavy atom. The molecule has 0 aromatic heterocycles. The first-order valence-corrected chi connectivity index (χ1v) is 18.3. The molecule has 4 atom stereocenters. The normalized spacial score (nSPS) is 24.0. The van der Waals surface area contributed by atoms with Crippen LogP contribution >= 0.6 is 0 Å². The van der Waals surface area contributed by atoms with E-state index in [4.69, 9.17) is 29.2 Å². The highest BCUT2D eigenvalue weighted by molar-refractivity contribution is 5.90. The molecule has 4 N–H and O–H groups in total. The zero-order valence-electron chi connectivity index (χ0n) is 30.3. The summed E-state index contributed by atoms with van der Waals surface area (Å²) in [4.78, 5) is 42.1. The Kier molecular flexibility index (Phi) is 16.8. The fourth-order valence-corrected chi connectivity index (χ4v) is 7.71. The van der Waals surface area contributed by atoms with E-state index in [-0.39, 0.29) is 11.9 Å². The van der Waals surface area contributed by atoms with Crippen LogP contribution in [0.1, 0.15) is 95.3 Å². The number of carboxylic acid groups (broad SMARTS) is 2. The van der Waals surface area contributed by atoms with E-state index in [1.807, 2.05) is 24.3 Å². The SMILES string of the molecule is COC(=O)c1ccc([C@@H]2CC(C3CCOCC3)CCN2)cc1.COC(=O)c1ccc([C@@H]2CC(C3CCOCC3)CCN2)cc1.O=C(O)/C=C\C(=O)O. The summed E-state index contributed by atoms with van der Waals surface area (Å²) < 4.78 is 20.5. The lowest BCUT2D eigenvalue weighted by Gasteiger charge is -2.37. The van der Waals surface area contributed by atoms with Crippen molar-refractivity contribution in [2.75, 3.05) is 53.7 Å². The number of ether oxygens (including phenoxy) is 4. The van der Waals surface area contributed by atoms with E-state index in [1.165, 1.54) is 76.7 Å². The van der Waals surface area contributed by atoms with Gasteiger partial charge in [-0.05, 0) is 124 Å². The Morgan fingerprint density at radius 3 is 1.23 bits per heavy atom. The number of benzene rings is 2. The van der Waals surface area contributed by atoms with Crippen molar-refractivity contribution in [2.45, 2.75) is 63.5 Å². The predicted octanol–water partition coefficient (Wildman–Crippen LogP) is 5.59. The third-order valence-electron chi connectivity index (χ3n) is 10.6. The molecule has 12 heteroatoms. The smallest absolute Gasteiger partial charge is 0.337 e. The van der Waals surface area contributed by atoms with Crippen LogP contribution in [0.4, 0.5) is 0 Å². The van der Waals surface area contributed by atoms with Crippen molar-refractivity contribution < 1.29 is 48.3 Å². The molecule has 4 saturated heterocycles. The minimum absolute atomic E-state index is 0.275. The highest BCUT2D eigenvalue weighted by Gasteiger charge is 2.31. The van der Waals surface area contributed by atoms with Crippen LogP contribution in [0.15, 0.2) is 60.7 Å². The molecule has 52 heavy (non-hydrogen) atoms. The Balaban J connectivity index is 0.000000193. The third-order valence-corrected chi connectivity index (χ3v) is 10.6. The van der Waals surface area contributed by atoms with Crippen molar-refractivity contribution in [1.29, 1.82) is 0 Å². The van der Waals surface area contributed by atoms with E-state index in [0.29, 0.717) is 35.4 Å². The van der Waals surface area contributed by atoms with Crippen LogP contribution in [0.3, 0.4) is 0 Å². The summed E-state index contributed by atoms with van der Waals surface area (Å²) >= 11 is 0. The molecule has 2 unspecified atom stereocenters. The van der Waals surface area contributed by atoms with Crippen LogP contribution in [0.25, 0.3) is 0 Å². The maximum atomic E-state index is 11.5. The van der Waals surface area contributed by atoms with E-state index in [0.717, 1.165) is 63.2 Å². The summed E-state index contributed by atoms with van der Waals surface area (Å²) in [6, 6.07) is 16.4. The zero-order valence-corrected chi connectivity index (χ0v) is 30.3. The standard InChI is InChI=1S/2C18H25NO3.C4H4O4/c2*1-21-18(20)15-4-2-14(3-5-15)17-12-16(6-9-19-17)13-7-10-22-11-8-13;5-3(6)1-2-4(7)8/h2*2-5,13,16-17,19H,6-12H2,1H3;1-2H,(H,5,6)(H,7,8)/b;;2-1-/t2*16?,17-;/m00./s1. The van der Waals surface area contributed by atoms with Crippen molar-refractivity contribution >= 4 is 23.9 Å².